The molecule has 0 saturated carbocycles. The molecule has 0 unspecified atom stereocenters. The summed E-state index contributed by atoms with van der Waals surface area (Å²) in [5.74, 6) is 0.378. The maximum atomic E-state index is 12.7. The molecule has 2 aromatic rings. The Bertz CT molecular complexity index is 852. The highest BCUT2D eigenvalue weighted by molar-refractivity contribution is 7.99. The van der Waals surface area contributed by atoms with E-state index < -0.39 is 0 Å². The lowest BCUT2D eigenvalue weighted by molar-refractivity contribution is -0.132. The molecule has 4 rings (SSSR count). The first kappa shape index (κ1) is 16.1. The minimum absolute atomic E-state index is 0.0146. The fourth-order valence-electron chi connectivity index (χ4n) is 3.27. The van der Waals surface area contributed by atoms with Crippen LogP contribution in [0.15, 0.2) is 9.95 Å². The van der Waals surface area contributed by atoms with Crippen LogP contribution in [-0.2, 0) is 29.4 Å². The Labute approximate surface area is 147 Å². The summed E-state index contributed by atoms with van der Waals surface area (Å²) >= 11 is 2.98. The lowest BCUT2D eigenvalue weighted by atomic mass is 10.2. The summed E-state index contributed by atoms with van der Waals surface area (Å²) in [7, 11) is 1.75. The Morgan fingerprint density at radius 2 is 2.12 bits per heavy atom. The molecule has 0 spiro atoms. The Kier molecular flexibility index (Phi) is 4.36. The zero-order chi connectivity index (χ0) is 16.7. The fraction of sp³-hybridized carbons (Fsp3) is 0.562. The molecule has 0 radical (unpaired) electrons. The van der Waals surface area contributed by atoms with Gasteiger partial charge < -0.3 is 9.64 Å². The number of amides is 1. The van der Waals surface area contributed by atoms with Crippen LogP contribution in [0.5, 0.6) is 0 Å². The van der Waals surface area contributed by atoms with Gasteiger partial charge in [0.2, 0.25) is 5.91 Å². The Balaban J connectivity index is 1.57. The van der Waals surface area contributed by atoms with E-state index in [1.165, 1.54) is 22.2 Å². The van der Waals surface area contributed by atoms with Crippen molar-refractivity contribution in [3.63, 3.8) is 0 Å². The van der Waals surface area contributed by atoms with Gasteiger partial charge in [0.15, 0.2) is 5.16 Å². The highest BCUT2D eigenvalue weighted by atomic mass is 32.2. The summed E-state index contributed by atoms with van der Waals surface area (Å²) in [5, 5.41) is 1.41. The first-order valence-corrected chi connectivity index (χ1v) is 9.95. The van der Waals surface area contributed by atoms with Gasteiger partial charge in [-0.2, -0.15) is 0 Å². The molecule has 8 heteroatoms. The smallest absolute Gasteiger partial charge is 0.262 e. The number of nitrogens with zero attached hydrogens (tertiary/aromatic N) is 3. The van der Waals surface area contributed by atoms with Gasteiger partial charge in [0, 0.05) is 25.0 Å². The number of hydrogen-bond acceptors (Lipinski definition) is 6. The van der Waals surface area contributed by atoms with Crippen LogP contribution >= 0.6 is 23.1 Å². The standard InChI is InChI=1S/C16H19N3O3S2/c1-18-15(21)13-10-3-2-4-11(10)24-14(13)17-16(18)23-9-12(20)19-5-7-22-8-6-19/h2-9H2,1H3. The Morgan fingerprint density at radius 1 is 1.33 bits per heavy atom. The molecule has 0 atom stereocenters. The molecule has 0 bridgehead atoms. The number of fused-ring (bicyclic) bond motifs is 3. The molecule has 0 aromatic carbocycles. The molecule has 6 nitrogen and oxygen atoms in total. The van der Waals surface area contributed by atoms with Crippen molar-refractivity contribution < 1.29 is 9.53 Å². The van der Waals surface area contributed by atoms with Crippen LogP contribution in [0.4, 0.5) is 0 Å². The average Bonchev–Trinajstić information content (AvgIpc) is 3.18. The van der Waals surface area contributed by atoms with Gasteiger partial charge in [-0.3, -0.25) is 14.2 Å². The maximum Gasteiger partial charge on any atom is 0.262 e. The van der Waals surface area contributed by atoms with Crippen molar-refractivity contribution in [2.24, 2.45) is 7.05 Å². The summed E-state index contributed by atoms with van der Waals surface area (Å²) in [6, 6.07) is 0. The van der Waals surface area contributed by atoms with Crippen molar-refractivity contribution in [2.45, 2.75) is 24.4 Å². The Hall–Kier alpha value is -1.38. The highest BCUT2D eigenvalue weighted by Crippen LogP contribution is 2.35. The second kappa shape index (κ2) is 6.50. The number of rotatable bonds is 3. The van der Waals surface area contributed by atoms with Crippen molar-refractivity contribution in [1.29, 1.82) is 0 Å². The number of hydrogen-bond donors (Lipinski definition) is 0. The van der Waals surface area contributed by atoms with E-state index in [0.717, 1.165) is 29.5 Å². The molecule has 2 aliphatic rings. The molecule has 1 amide bonds. The molecule has 1 saturated heterocycles. The second-order valence-electron chi connectivity index (χ2n) is 6.08. The monoisotopic (exact) mass is 365 g/mol. The molecule has 1 aliphatic carbocycles. The minimum atomic E-state index is 0.0146. The molecule has 1 aliphatic heterocycles. The van der Waals surface area contributed by atoms with E-state index in [0.29, 0.717) is 37.2 Å². The summed E-state index contributed by atoms with van der Waals surface area (Å²) in [6.45, 7) is 2.48. The molecule has 1 fully saturated rings. The number of carbonyl (C=O) groups is 1. The predicted molar refractivity (Wildman–Crippen MR) is 95.0 cm³/mol. The summed E-state index contributed by atoms with van der Waals surface area (Å²) in [5.41, 5.74) is 1.21. The van der Waals surface area contributed by atoms with Crippen molar-refractivity contribution in [1.82, 2.24) is 14.5 Å². The van der Waals surface area contributed by atoms with Gasteiger partial charge in [0.05, 0.1) is 24.4 Å². The van der Waals surface area contributed by atoms with E-state index in [4.69, 9.17) is 4.74 Å². The third-order valence-electron chi connectivity index (χ3n) is 4.59. The first-order valence-electron chi connectivity index (χ1n) is 8.15. The predicted octanol–water partition coefficient (Wildman–Crippen LogP) is 1.43. The molecule has 0 N–H and O–H groups in total. The van der Waals surface area contributed by atoms with Gasteiger partial charge in [-0.25, -0.2) is 4.98 Å². The van der Waals surface area contributed by atoms with Gasteiger partial charge >= 0.3 is 0 Å². The number of aryl methyl sites for hydroxylation is 2. The van der Waals surface area contributed by atoms with Gasteiger partial charge in [-0.05, 0) is 24.8 Å². The van der Waals surface area contributed by atoms with E-state index in [1.807, 2.05) is 4.90 Å². The van der Waals surface area contributed by atoms with Crippen molar-refractivity contribution in [2.75, 3.05) is 32.1 Å². The lowest BCUT2D eigenvalue weighted by Crippen LogP contribution is -2.41. The summed E-state index contributed by atoms with van der Waals surface area (Å²) in [4.78, 5) is 33.6. The Morgan fingerprint density at radius 3 is 2.92 bits per heavy atom. The van der Waals surface area contributed by atoms with Crippen LogP contribution in [0.3, 0.4) is 0 Å². The third kappa shape index (κ3) is 2.76. The minimum Gasteiger partial charge on any atom is -0.378 e. The molecule has 3 heterocycles. The number of ether oxygens (including phenoxy) is 1. The topological polar surface area (TPSA) is 64.4 Å². The second-order valence-corrected chi connectivity index (χ2v) is 8.10. The van der Waals surface area contributed by atoms with E-state index >= 15 is 0 Å². The highest BCUT2D eigenvalue weighted by Gasteiger charge is 2.23. The molecule has 128 valence electrons. The van der Waals surface area contributed by atoms with Gasteiger partial charge in [-0.15, -0.1) is 11.3 Å². The quantitative estimate of drug-likeness (QED) is 0.608. The average molecular weight is 365 g/mol. The maximum absolute atomic E-state index is 12.7. The van der Waals surface area contributed by atoms with E-state index in [9.17, 15) is 9.59 Å². The van der Waals surface area contributed by atoms with Gasteiger partial charge in [0.1, 0.15) is 4.83 Å². The van der Waals surface area contributed by atoms with Crippen LogP contribution in [0.2, 0.25) is 0 Å². The lowest BCUT2D eigenvalue weighted by Gasteiger charge is -2.26. The van der Waals surface area contributed by atoms with Gasteiger partial charge in [0.25, 0.3) is 5.56 Å². The van der Waals surface area contributed by atoms with Crippen LogP contribution in [0.25, 0.3) is 10.2 Å². The van der Waals surface area contributed by atoms with Crippen LogP contribution < -0.4 is 5.56 Å². The largest absolute Gasteiger partial charge is 0.378 e. The zero-order valence-corrected chi connectivity index (χ0v) is 15.2. The van der Waals surface area contributed by atoms with Crippen LogP contribution in [-0.4, -0.2) is 52.4 Å². The third-order valence-corrected chi connectivity index (χ3v) is 6.79. The zero-order valence-electron chi connectivity index (χ0n) is 13.5. The van der Waals surface area contributed by atoms with E-state index in [2.05, 4.69) is 4.98 Å². The van der Waals surface area contributed by atoms with Crippen LogP contribution in [0.1, 0.15) is 16.9 Å². The van der Waals surface area contributed by atoms with Gasteiger partial charge in [-0.1, -0.05) is 11.8 Å². The van der Waals surface area contributed by atoms with Crippen LogP contribution in [0, 0.1) is 0 Å². The SMILES string of the molecule is Cn1c(SCC(=O)N2CCOCC2)nc2sc3c(c2c1=O)CCC3. The summed E-state index contributed by atoms with van der Waals surface area (Å²) < 4.78 is 6.86. The van der Waals surface area contributed by atoms with E-state index in [-0.39, 0.29) is 11.5 Å². The van der Waals surface area contributed by atoms with Crippen molar-refractivity contribution >= 4 is 39.2 Å². The number of carbonyl (C=O) groups excluding carboxylic acids is 1. The number of thiophene rings is 1. The fourth-order valence-corrected chi connectivity index (χ4v) is 5.44. The first-order chi connectivity index (χ1) is 11.6. The molecular formula is C16H19N3O3S2. The number of morpholine rings is 1. The molecular weight excluding hydrogens is 346 g/mol. The summed E-state index contributed by atoms with van der Waals surface area (Å²) in [6.07, 6.45) is 3.16. The number of thioether (sulfide) groups is 1. The van der Waals surface area contributed by atoms with Crippen molar-refractivity contribution in [3.05, 3.63) is 20.8 Å². The molecule has 2 aromatic heterocycles. The normalized spacial score (nSPS) is 17.5. The number of aromatic nitrogens is 2. The van der Waals surface area contributed by atoms with E-state index in [1.54, 1.807) is 23.0 Å². The van der Waals surface area contributed by atoms with Crippen molar-refractivity contribution in [3.8, 4) is 0 Å². The molecule has 24 heavy (non-hydrogen) atoms.